The lowest BCUT2D eigenvalue weighted by Gasteiger charge is -2.41. The first kappa shape index (κ1) is 24.6. The predicted octanol–water partition coefficient (Wildman–Crippen LogP) is 3.80. The highest BCUT2D eigenvalue weighted by Gasteiger charge is 2.47. The molecule has 1 saturated heterocycles. The van der Waals surface area contributed by atoms with E-state index in [4.69, 9.17) is 15.5 Å². The van der Waals surface area contributed by atoms with Crippen LogP contribution in [0.5, 0.6) is 5.75 Å². The first-order valence-electron chi connectivity index (χ1n) is 14.1. The zero-order chi connectivity index (χ0) is 27.1. The number of carbonyl (C=O) groups is 1. The molecule has 1 unspecified atom stereocenters. The van der Waals surface area contributed by atoms with Crippen LogP contribution in [0.25, 0.3) is 33.6 Å². The molecule has 1 amide bonds. The summed E-state index contributed by atoms with van der Waals surface area (Å²) in [6, 6.07) is 10.1. The number of ether oxygens (including phenoxy) is 1. The summed E-state index contributed by atoms with van der Waals surface area (Å²) in [7, 11) is 1.65. The van der Waals surface area contributed by atoms with E-state index in [1.807, 2.05) is 36.2 Å². The van der Waals surface area contributed by atoms with Crippen LogP contribution in [0.4, 0.5) is 0 Å². The number of likely N-dealkylation sites (tertiary alicyclic amines) is 1. The molecule has 3 aliphatic rings. The molecular formula is C30H36N6O3. The van der Waals surface area contributed by atoms with Crippen LogP contribution in [0.1, 0.15) is 49.9 Å². The molecule has 1 aliphatic heterocycles. The highest BCUT2D eigenvalue weighted by Crippen LogP contribution is 2.42. The molecule has 3 aromatic heterocycles. The Bertz CT molecular complexity index is 1600. The monoisotopic (exact) mass is 528 g/mol. The molecule has 3 fully saturated rings. The van der Waals surface area contributed by atoms with Crippen molar-refractivity contribution in [3.8, 4) is 17.3 Å². The Morgan fingerprint density at radius 2 is 2.05 bits per heavy atom. The van der Waals surface area contributed by atoms with Gasteiger partial charge >= 0.3 is 0 Å². The first-order chi connectivity index (χ1) is 18.8. The van der Waals surface area contributed by atoms with Gasteiger partial charge in [-0.05, 0) is 81.7 Å². The molecule has 9 heteroatoms. The van der Waals surface area contributed by atoms with Crippen molar-refractivity contribution in [1.29, 1.82) is 0 Å². The lowest BCUT2D eigenvalue weighted by molar-refractivity contribution is -0.0613. The lowest BCUT2D eigenvalue weighted by Crippen LogP contribution is -2.42. The standard InChI is InChI=1S/C30H36N6O3/c1-4-34-23(11-18-6-5-9-32-27(18)34)28-33-21-10-20(29(37)35-16-19-7-8-22(35)25(19)31)12-24(39-3)26(21)36(28)15-17-13-30(2,38)14-17/h5-6,9-12,17,19,22,25,38H,4,7-8,13-16,31H2,1-3H3/t17-,19-,22-,25?,30+/m1/s1. The van der Waals surface area contributed by atoms with E-state index in [1.54, 1.807) is 7.11 Å². The Balaban J connectivity index is 1.38. The molecule has 2 aliphatic carbocycles. The third-order valence-electron chi connectivity index (χ3n) is 9.29. The second-order valence-corrected chi connectivity index (χ2v) is 12.0. The zero-order valence-corrected chi connectivity index (χ0v) is 22.8. The van der Waals surface area contributed by atoms with E-state index in [-0.39, 0.29) is 18.0 Å². The number of nitrogens with two attached hydrogens (primary N) is 1. The van der Waals surface area contributed by atoms with Crippen LogP contribution in [0.15, 0.2) is 36.5 Å². The molecule has 0 radical (unpaired) electrons. The number of rotatable bonds is 6. The fourth-order valence-corrected chi connectivity index (χ4v) is 7.49. The summed E-state index contributed by atoms with van der Waals surface area (Å²) in [5, 5.41) is 11.5. The molecule has 7 rings (SSSR count). The SMILES string of the molecule is CCn1c(-c2nc3cc(C(=O)N4C[C@H]5CC[C@@H]4C5N)cc(OC)c3n2C[C@H]2C[C@@](C)(O)C2)cc2cccnc21. The van der Waals surface area contributed by atoms with Gasteiger partial charge in [0.2, 0.25) is 0 Å². The summed E-state index contributed by atoms with van der Waals surface area (Å²) >= 11 is 0. The average molecular weight is 529 g/mol. The maximum Gasteiger partial charge on any atom is 0.254 e. The number of aromatic nitrogens is 4. The van der Waals surface area contributed by atoms with Crippen molar-refractivity contribution in [1.82, 2.24) is 24.0 Å². The number of aliphatic hydroxyl groups is 1. The third kappa shape index (κ3) is 3.77. The number of amides is 1. The molecule has 9 nitrogen and oxygen atoms in total. The first-order valence-corrected chi connectivity index (χ1v) is 14.1. The van der Waals surface area contributed by atoms with Gasteiger partial charge in [-0.15, -0.1) is 0 Å². The lowest BCUT2D eigenvalue weighted by atomic mass is 9.72. The summed E-state index contributed by atoms with van der Waals surface area (Å²) in [4.78, 5) is 25.5. The summed E-state index contributed by atoms with van der Waals surface area (Å²) in [6.07, 6.45) is 5.36. The average Bonchev–Trinajstić information content (AvgIpc) is 3.66. The van der Waals surface area contributed by atoms with E-state index in [9.17, 15) is 9.90 Å². The number of pyridine rings is 1. The molecule has 39 heavy (non-hydrogen) atoms. The number of hydrogen-bond acceptors (Lipinski definition) is 6. The number of carbonyl (C=O) groups excluding carboxylic acids is 1. The molecule has 1 aromatic carbocycles. The smallest absolute Gasteiger partial charge is 0.254 e. The minimum absolute atomic E-state index is 0.00383. The van der Waals surface area contributed by atoms with E-state index < -0.39 is 5.60 Å². The Morgan fingerprint density at radius 1 is 1.23 bits per heavy atom. The van der Waals surface area contributed by atoms with Gasteiger partial charge in [-0.3, -0.25) is 4.79 Å². The highest BCUT2D eigenvalue weighted by molar-refractivity contribution is 6.00. The largest absolute Gasteiger partial charge is 0.494 e. The van der Waals surface area contributed by atoms with Gasteiger partial charge in [0.1, 0.15) is 16.9 Å². The van der Waals surface area contributed by atoms with E-state index in [0.29, 0.717) is 29.7 Å². The Labute approximate surface area is 227 Å². The highest BCUT2D eigenvalue weighted by atomic mass is 16.5. The number of fused-ring (bicyclic) bond motifs is 4. The van der Waals surface area contributed by atoms with Crippen LogP contribution in [-0.2, 0) is 13.1 Å². The molecule has 0 spiro atoms. The number of hydrogen-bond donors (Lipinski definition) is 2. The maximum absolute atomic E-state index is 13.7. The normalized spacial score (nSPS) is 28.0. The minimum Gasteiger partial charge on any atom is -0.494 e. The number of piperidine rings is 1. The molecule has 4 aromatic rings. The number of aryl methyl sites for hydroxylation is 1. The molecule has 3 N–H and O–H groups in total. The second kappa shape index (κ2) is 8.79. The second-order valence-electron chi connectivity index (χ2n) is 12.0. The van der Waals surface area contributed by atoms with Crippen molar-refractivity contribution in [2.24, 2.45) is 17.6 Å². The van der Waals surface area contributed by atoms with Crippen molar-refractivity contribution < 1.29 is 14.6 Å². The van der Waals surface area contributed by atoms with Gasteiger partial charge in [-0.1, -0.05) is 0 Å². The maximum atomic E-state index is 13.7. The molecule has 3 atom stereocenters. The van der Waals surface area contributed by atoms with Crippen LogP contribution >= 0.6 is 0 Å². The van der Waals surface area contributed by atoms with Gasteiger partial charge in [0.15, 0.2) is 5.82 Å². The van der Waals surface area contributed by atoms with E-state index in [1.165, 1.54) is 0 Å². The third-order valence-corrected chi connectivity index (χ3v) is 9.29. The number of methoxy groups -OCH3 is 1. The molecule has 2 saturated carbocycles. The van der Waals surface area contributed by atoms with Gasteiger partial charge in [-0.2, -0.15) is 0 Å². The Morgan fingerprint density at radius 3 is 2.72 bits per heavy atom. The van der Waals surface area contributed by atoms with Crippen LogP contribution in [0, 0.1) is 11.8 Å². The van der Waals surface area contributed by atoms with Crippen LogP contribution in [-0.4, -0.2) is 66.4 Å². The van der Waals surface area contributed by atoms with Gasteiger partial charge in [0.05, 0.1) is 23.9 Å². The fourth-order valence-electron chi connectivity index (χ4n) is 7.49. The fraction of sp³-hybridized carbons (Fsp3) is 0.500. The van der Waals surface area contributed by atoms with Crippen LogP contribution < -0.4 is 10.5 Å². The minimum atomic E-state index is -0.622. The van der Waals surface area contributed by atoms with Crippen molar-refractivity contribution in [2.45, 2.75) is 70.3 Å². The zero-order valence-electron chi connectivity index (χ0n) is 22.8. The van der Waals surface area contributed by atoms with E-state index >= 15 is 0 Å². The van der Waals surface area contributed by atoms with Crippen molar-refractivity contribution >= 4 is 28.0 Å². The van der Waals surface area contributed by atoms with Gasteiger partial charge in [0, 0.05) is 48.9 Å². The van der Waals surface area contributed by atoms with Gasteiger partial charge in [0.25, 0.3) is 5.91 Å². The molecular weight excluding hydrogens is 492 g/mol. The van der Waals surface area contributed by atoms with Crippen molar-refractivity contribution in [3.63, 3.8) is 0 Å². The quantitative estimate of drug-likeness (QED) is 0.394. The summed E-state index contributed by atoms with van der Waals surface area (Å²) < 4.78 is 10.3. The topological polar surface area (TPSA) is 111 Å². The van der Waals surface area contributed by atoms with Crippen LogP contribution in [0.2, 0.25) is 0 Å². The Hall–Kier alpha value is -3.43. The van der Waals surface area contributed by atoms with Crippen molar-refractivity contribution in [2.75, 3.05) is 13.7 Å². The van der Waals surface area contributed by atoms with Gasteiger partial charge in [-0.25, -0.2) is 9.97 Å². The van der Waals surface area contributed by atoms with Gasteiger partial charge < -0.3 is 29.6 Å². The summed E-state index contributed by atoms with van der Waals surface area (Å²) in [5.74, 6) is 2.16. The number of nitrogens with zero attached hydrogens (tertiary/aromatic N) is 5. The van der Waals surface area contributed by atoms with Crippen molar-refractivity contribution in [3.05, 3.63) is 42.1 Å². The molecule has 204 valence electrons. The van der Waals surface area contributed by atoms with Crippen LogP contribution in [0.3, 0.4) is 0 Å². The summed E-state index contributed by atoms with van der Waals surface area (Å²) in [6.45, 7) is 6.17. The van der Waals surface area contributed by atoms with E-state index in [2.05, 4.69) is 33.2 Å². The predicted molar refractivity (Wildman–Crippen MR) is 150 cm³/mol. The summed E-state index contributed by atoms with van der Waals surface area (Å²) in [5.41, 5.74) is 9.87. The number of imidazole rings is 1. The molecule has 4 heterocycles. The Kier molecular flexibility index (Phi) is 5.55. The molecule has 2 bridgehead atoms. The number of benzene rings is 1. The van der Waals surface area contributed by atoms with E-state index in [0.717, 1.165) is 72.4 Å².